The number of benzene rings is 1. The summed E-state index contributed by atoms with van der Waals surface area (Å²) in [7, 11) is 2.96. The largest absolute Gasteiger partial charge is 0.495 e. The third-order valence-electron chi connectivity index (χ3n) is 2.35. The second-order valence-corrected chi connectivity index (χ2v) is 3.88. The maximum Gasteiger partial charge on any atom is 0.293 e. The van der Waals surface area contributed by atoms with Crippen molar-refractivity contribution in [2.75, 3.05) is 19.5 Å². The van der Waals surface area contributed by atoms with E-state index in [2.05, 4.69) is 20.5 Å². The number of anilines is 1. The molecule has 0 atom stereocenters. The molecule has 0 aliphatic heterocycles. The Morgan fingerprint density at radius 3 is 2.63 bits per heavy atom. The third-order valence-corrected chi connectivity index (χ3v) is 2.65. The number of hydrogen-bond acceptors (Lipinski definition) is 5. The van der Waals surface area contributed by atoms with Crippen LogP contribution in [0.25, 0.3) is 0 Å². The van der Waals surface area contributed by atoms with Crippen LogP contribution < -0.4 is 14.8 Å². The lowest BCUT2D eigenvalue weighted by molar-refractivity contribution is 0.101. The molecule has 0 radical (unpaired) electrons. The Hall–Kier alpha value is -2.28. The molecule has 1 amide bonds. The van der Waals surface area contributed by atoms with Gasteiger partial charge in [-0.05, 0) is 0 Å². The average Bonchev–Trinajstić information content (AvgIpc) is 2.94. The molecule has 0 fully saturated rings. The highest BCUT2D eigenvalue weighted by Crippen LogP contribution is 2.35. The zero-order valence-corrected chi connectivity index (χ0v) is 11.0. The first-order chi connectivity index (χ1) is 9.15. The van der Waals surface area contributed by atoms with Crippen molar-refractivity contribution in [2.45, 2.75) is 0 Å². The van der Waals surface area contributed by atoms with Gasteiger partial charge in [0.05, 0.1) is 24.9 Å². The fourth-order valence-corrected chi connectivity index (χ4v) is 1.69. The van der Waals surface area contributed by atoms with E-state index in [0.717, 1.165) is 0 Å². The Morgan fingerprint density at radius 2 is 2.05 bits per heavy atom. The highest BCUT2D eigenvalue weighted by Gasteiger charge is 2.15. The van der Waals surface area contributed by atoms with E-state index in [-0.39, 0.29) is 5.82 Å². The van der Waals surface area contributed by atoms with Crippen molar-refractivity contribution in [1.29, 1.82) is 0 Å². The number of rotatable bonds is 4. The molecule has 0 unspecified atom stereocenters. The minimum Gasteiger partial charge on any atom is -0.495 e. The lowest BCUT2D eigenvalue weighted by Gasteiger charge is -2.12. The van der Waals surface area contributed by atoms with Crippen LogP contribution in [-0.4, -0.2) is 35.3 Å². The summed E-state index contributed by atoms with van der Waals surface area (Å²) in [5.41, 5.74) is 0.421. The van der Waals surface area contributed by atoms with Crippen LogP contribution in [-0.2, 0) is 0 Å². The summed E-state index contributed by atoms with van der Waals surface area (Å²) < 4.78 is 10.2. The summed E-state index contributed by atoms with van der Waals surface area (Å²) in [5, 5.41) is 9.08. The zero-order chi connectivity index (χ0) is 13.8. The van der Waals surface area contributed by atoms with Gasteiger partial charge in [-0.15, -0.1) is 0 Å². The lowest BCUT2D eigenvalue weighted by Crippen LogP contribution is -2.14. The first-order valence-electron chi connectivity index (χ1n) is 5.24. The van der Waals surface area contributed by atoms with Crippen molar-refractivity contribution in [3.05, 3.63) is 29.3 Å². The number of carbonyl (C=O) groups is 1. The van der Waals surface area contributed by atoms with Gasteiger partial charge in [-0.1, -0.05) is 11.6 Å². The van der Waals surface area contributed by atoms with E-state index in [1.165, 1.54) is 20.5 Å². The normalized spacial score (nSPS) is 10.1. The minimum atomic E-state index is -0.444. The first kappa shape index (κ1) is 13.2. The predicted molar refractivity (Wildman–Crippen MR) is 68.9 cm³/mol. The number of aromatic amines is 1. The van der Waals surface area contributed by atoms with Gasteiger partial charge >= 0.3 is 0 Å². The van der Waals surface area contributed by atoms with E-state index in [9.17, 15) is 4.79 Å². The van der Waals surface area contributed by atoms with Crippen molar-refractivity contribution in [3.8, 4) is 11.5 Å². The summed E-state index contributed by atoms with van der Waals surface area (Å²) >= 11 is 5.97. The van der Waals surface area contributed by atoms with Crippen molar-refractivity contribution in [1.82, 2.24) is 15.2 Å². The van der Waals surface area contributed by atoms with Crippen LogP contribution in [0.15, 0.2) is 18.5 Å². The number of methoxy groups -OCH3 is 2. The smallest absolute Gasteiger partial charge is 0.293 e. The van der Waals surface area contributed by atoms with Crippen LogP contribution in [0.2, 0.25) is 5.02 Å². The molecule has 2 rings (SSSR count). The Labute approximate surface area is 113 Å². The Morgan fingerprint density at radius 1 is 1.32 bits per heavy atom. The van der Waals surface area contributed by atoms with Crippen LogP contribution in [0.3, 0.4) is 0 Å². The van der Waals surface area contributed by atoms with Crippen molar-refractivity contribution >= 4 is 23.2 Å². The Balaban J connectivity index is 2.31. The lowest BCUT2D eigenvalue weighted by atomic mass is 10.2. The Kier molecular flexibility index (Phi) is 3.86. The molecule has 0 aliphatic rings. The van der Waals surface area contributed by atoms with Crippen LogP contribution in [0.5, 0.6) is 11.5 Å². The molecular formula is C11H11ClN4O3. The number of amides is 1. The van der Waals surface area contributed by atoms with Gasteiger partial charge in [0.15, 0.2) is 0 Å². The van der Waals surface area contributed by atoms with Crippen LogP contribution in [0.1, 0.15) is 10.6 Å². The monoisotopic (exact) mass is 282 g/mol. The number of aromatic nitrogens is 3. The van der Waals surface area contributed by atoms with Gasteiger partial charge < -0.3 is 14.8 Å². The summed E-state index contributed by atoms with van der Waals surface area (Å²) in [6.45, 7) is 0. The summed E-state index contributed by atoms with van der Waals surface area (Å²) in [5.74, 6) is 0.491. The van der Waals surface area contributed by atoms with Gasteiger partial charge in [0.25, 0.3) is 5.91 Å². The van der Waals surface area contributed by atoms with Gasteiger partial charge in [-0.25, -0.2) is 4.98 Å². The molecule has 0 saturated carbocycles. The molecule has 0 aliphatic carbocycles. The fraction of sp³-hybridized carbons (Fsp3) is 0.182. The third kappa shape index (κ3) is 2.76. The topological polar surface area (TPSA) is 89.1 Å². The fourth-order valence-electron chi connectivity index (χ4n) is 1.45. The standard InChI is InChI=1S/C11H11ClN4O3/c1-18-8-4-7(9(19-2)3-6(8)12)15-11(17)10-13-5-14-16-10/h3-5H,1-2H3,(H,15,17)(H,13,14,16). The van der Waals surface area contributed by atoms with Gasteiger partial charge in [-0.3, -0.25) is 9.89 Å². The molecule has 1 aromatic carbocycles. The second-order valence-electron chi connectivity index (χ2n) is 3.48. The minimum absolute atomic E-state index is 0.0935. The summed E-state index contributed by atoms with van der Waals surface area (Å²) in [6.07, 6.45) is 1.24. The first-order valence-corrected chi connectivity index (χ1v) is 5.61. The quantitative estimate of drug-likeness (QED) is 0.891. The summed E-state index contributed by atoms with van der Waals surface area (Å²) in [6, 6.07) is 3.12. The van der Waals surface area contributed by atoms with Crippen LogP contribution >= 0.6 is 11.6 Å². The van der Waals surface area contributed by atoms with E-state index in [1.807, 2.05) is 0 Å². The average molecular weight is 283 g/mol. The van der Waals surface area contributed by atoms with Gasteiger partial charge in [0, 0.05) is 12.1 Å². The van der Waals surface area contributed by atoms with E-state index >= 15 is 0 Å². The SMILES string of the molecule is COc1cc(NC(=O)c2ncn[nH]2)c(OC)cc1Cl. The molecule has 100 valence electrons. The highest BCUT2D eigenvalue weighted by atomic mass is 35.5. The summed E-state index contributed by atoms with van der Waals surface area (Å²) in [4.78, 5) is 15.6. The number of hydrogen-bond donors (Lipinski definition) is 2. The molecule has 19 heavy (non-hydrogen) atoms. The zero-order valence-electron chi connectivity index (χ0n) is 10.2. The molecule has 2 aromatic rings. The molecule has 1 heterocycles. The van der Waals surface area contributed by atoms with Crippen LogP contribution in [0, 0.1) is 0 Å². The number of carbonyl (C=O) groups excluding carboxylic acids is 1. The van der Waals surface area contributed by atoms with E-state index in [1.54, 1.807) is 12.1 Å². The second kappa shape index (κ2) is 5.57. The van der Waals surface area contributed by atoms with Gasteiger partial charge in [0.1, 0.15) is 17.8 Å². The molecule has 0 saturated heterocycles. The number of ether oxygens (including phenoxy) is 2. The molecule has 2 N–H and O–H groups in total. The molecule has 0 spiro atoms. The molecular weight excluding hydrogens is 272 g/mol. The predicted octanol–water partition coefficient (Wildman–Crippen LogP) is 1.73. The number of halogens is 1. The molecule has 8 heteroatoms. The molecule has 7 nitrogen and oxygen atoms in total. The van der Waals surface area contributed by atoms with Crippen molar-refractivity contribution < 1.29 is 14.3 Å². The highest BCUT2D eigenvalue weighted by molar-refractivity contribution is 6.32. The maximum absolute atomic E-state index is 11.9. The number of nitrogens with one attached hydrogen (secondary N) is 2. The van der Waals surface area contributed by atoms with Crippen LogP contribution in [0.4, 0.5) is 5.69 Å². The van der Waals surface area contributed by atoms with E-state index < -0.39 is 5.91 Å². The van der Waals surface area contributed by atoms with E-state index in [0.29, 0.717) is 22.2 Å². The molecule has 1 aromatic heterocycles. The number of H-pyrrole nitrogens is 1. The molecule has 0 bridgehead atoms. The number of nitrogens with zero attached hydrogens (tertiary/aromatic N) is 2. The van der Waals surface area contributed by atoms with Gasteiger partial charge in [0.2, 0.25) is 5.82 Å². The van der Waals surface area contributed by atoms with Crippen molar-refractivity contribution in [3.63, 3.8) is 0 Å². The Bertz CT molecular complexity index is 586. The van der Waals surface area contributed by atoms with Gasteiger partial charge in [-0.2, -0.15) is 5.10 Å². The van der Waals surface area contributed by atoms with E-state index in [4.69, 9.17) is 21.1 Å². The maximum atomic E-state index is 11.9. The van der Waals surface area contributed by atoms with Crippen molar-refractivity contribution in [2.24, 2.45) is 0 Å².